The van der Waals surface area contributed by atoms with Gasteiger partial charge in [-0.1, -0.05) is 20.8 Å². The summed E-state index contributed by atoms with van der Waals surface area (Å²) >= 11 is 0. The van der Waals surface area contributed by atoms with Gasteiger partial charge in [-0.3, -0.25) is 0 Å². The van der Waals surface area contributed by atoms with Crippen LogP contribution in [0.4, 0.5) is 0 Å². The molecule has 0 atom stereocenters. The summed E-state index contributed by atoms with van der Waals surface area (Å²) in [5.74, 6) is -0.441. The quantitative estimate of drug-likeness (QED) is 0.449. The molecule has 0 bridgehead atoms. The Morgan fingerprint density at radius 2 is 1.54 bits per heavy atom. The normalized spacial score (nSPS) is 8.85. The summed E-state index contributed by atoms with van der Waals surface area (Å²) in [5.41, 5.74) is 6.95. The molecule has 2 nitrogen and oxygen atoms in total. The summed E-state index contributed by atoms with van der Waals surface area (Å²) in [6, 6.07) is 0. The van der Waals surface area contributed by atoms with Gasteiger partial charge in [-0.2, -0.15) is 0 Å². The molecule has 0 fully saturated rings. The summed E-state index contributed by atoms with van der Waals surface area (Å²) < 4.78 is 0. The monoisotopic (exact) mass is 694 g/mol. The summed E-state index contributed by atoms with van der Waals surface area (Å²) in [6.07, 6.45) is 2.29. The Balaban J connectivity index is -0.000000135. The molecule has 0 heterocycles. The second kappa shape index (κ2) is 11.6. The van der Waals surface area contributed by atoms with Gasteiger partial charge in [0.1, 0.15) is 0 Å². The van der Waals surface area contributed by atoms with Crippen molar-refractivity contribution in [3.05, 3.63) is 5.73 Å². The fourth-order valence-electron chi connectivity index (χ4n) is 0.779. The third-order valence-electron chi connectivity index (χ3n) is 1.33. The van der Waals surface area contributed by atoms with Crippen LogP contribution in [0.1, 0.15) is 40.0 Å². The molecule has 0 aliphatic carbocycles. The van der Waals surface area contributed by atoms with E-state index in [1.165, 1.54) is 0 Å². The van der Waals surface area contributed by atoms with E-state index in [-0.39, 0.29) is 63.2 Å². The van der Waals surface area contributed by atoms with Crippen LogP contribution in [0.5, 0.6) is 0 Å². The molecule has 0 spiro atoms. The smallest absolute Gasteiger partial charge is 0.0487 e. The van der Waals surface area contributed by atoms with Gasteiger partial charge in [0.05, 0.1) is 0 Å². The molecule has 1 N–H and O–H groups in total. The van der Waals surface area contributed by atoms with Crippen molar-refractivity contribution in [1.29, 1.82) is 0 Å². The van der Waals surface area contributed by atoms with E-state index in [4.69, 9.17) is 5.73 Å². The van der Waals surface area contributed by atoms with E-state index < -0.39 is 5.91 Å². The van der Waals surface area contributed by atoms with E-state index in [0.29, 0.717) is 11.8 Å². The molecule has 0 saturated carbocycles. The molecule has 0 radical (unpaired) electrons. The zero-order valence-electron chi connectivity index (χ0n) is 8.25. The zero-order valence-corrected chi connectivity index (χ0v) is 17.1. The average Bonchev–Trinajstić information content (AvgIpc) is 1.59. The van der Waals surface area contributed by atoms with E-state index in [2.05, 4.69) is 20.8 Å². The van der Waals surface area contributed by atoms with Gasteiger partial charge >= 0.3 is 0 Å². The number of nitrogens with one attached hydrogen (secondary N) is 1. The summed E-state index contributed by atoms with van der Waals surface area (Å²) in [4.78, 5) is 10.2. The van der Waals surface area contributed by atoms with Gasteiger partial charge < -0.3 is 10.5 Å². The predicted octanol–water partition coefficient (Wildman–Crippen LogP) is 2.77. The molecule has 1 amide bonds. The van der Waals surface area contributed by atoms with Crippen LogP contribution >= 0.6 is 0 Å². The first kappa shape index (κ1) is 24.0. The molecule has 0 aliphatic heterocycles. The maximum Gasteiger partial charge on any atom is 0.0487 e. The van der Waals surface area contributed by atoms with Gasteiger partial charge in [0.15, 0.2) is 0 Å². The Labute approximate surface area is 124 Å². The Morgan fingerprint density at radius 3 is 1.77 bits per heavy atom. The van der Waals surface area contributed by atoms with E-state index in [1.54, 1.807) is 0 Å². The fraction of sp³-hybridized carbons (Fsp3) is 0.875. The van der Waals surface area contributed by atoms with Crippen molar-refractivity contribution in [1.82, 2.24) is 0 Å². The van der Waals surface area contributed by atoms with Crippen molar-refractivity contribution in [2.24, 2.45) is 5.41 Å². The van der Waals surface area contributed by atoms with E-state index in [1.807, 2.05) is 0 Å². The molecule has 0 saturated heterocycles. The SMILES string of the molecule is CC(C)(C)CCCC([NH-])=O.[W].[W].[W]. The van der Waals surface area contributed by atoms with Crippen molar-refractivity contribution in [3.8, 4) is 0 Å². The van der Waals surface area contributed by atoms with Crippen molar-refractivity contribution >= 4 is 5.91 Å². The molecule has 5 heteroatoms. The number of rotatable bonds is 3. The van der Waals surface area contributed by atoms with Crippen LogP contribution in [0.2, 0.25) is 0 Å². The van der Waals surface area contributed by atoms with Crippen LogP contribution in [0, 0.1) is 5.41 Å². The Morgan fingerprint density at radius 1 is 1.15 bits per heavy atom. The number of carbonyl (C=O) groups excluding carboxylic acids is 1. The first-order chi connectivity index (χ1) is 4.42. The third kappa shape index (κ3) is 24.7. The minimum absolute atomic E-state index is 0. The first-order valence-electron chi connectivity index (χ1n) is 3.66. The van der Waals surface area contributed by atoms with Gasteiger partial charge in [-0.25, -0.2) is 0 Å². The summed E-state index contributed by atoms with van der Waals surface area (Å²) in [5, 5.41) is 0. The average molecular weight is 694 g/mol. The Bertz CT molecular complexity index is 123. The van der Waals surface area contributed by atoms with Gasteiger partial charge in [0.2, 0.25) is 0 Å². The first-order valence-corrected chi connectivity index (χ1v) is 3.66. The molecule has 0 aromatic heterocycles. The molecular weight excluding hydrogens is 678 g/mol. The molecule has 0 aliphatic rings. The largest absolute Gasteiger partial charge is 0.668 e. The van der Waals surface area contributed by atoms with E-state index in [0.717, 1.165) is 12.8 Å². The molecule has 78 valence electrons. The van der Waals surface area contributed by atoms with Crippen LogP contribution in [-0.4, -0.2) is 5.91 Å². The van der Waals surface area contributed by atoms with Crippen LogP contribution in [-0.2, 0) is 68.0 Å². The van der Waals surface area contributed by atoms with Gasteiger partial charge in [0, 0.05) is 69.1 Å². The molecular formula is C8H16NOW3-. The summed E-state index contributed by atoms with van der Waals surface area (Å²) in [7, 11) is 0. The Hall–Kier alpha value is 1.53. The topological polar surface area (TPSA) is 40.9 Å². The standard InChI is InChI=1S/C8H17NO.3W/c1-8(2,3)6-4-5-7(9)10;;;/h4-6H2,1-3H3,(H2,9,10);;;/p-1. The van der Waals surface area contributed by atoms with Crippen molar-refractivity contribution in [2.45, 2.75) is 40.0 Å². The molecule has 0 rings (SSSR count). The second-order valence-corrected chi connectivity index (χ2v) is 3.84. The zero-order chi connectivity index (χ0) is 8.20. The maximum absolute atomic E-state index is 10.2. The van der Waals surface area contributed by atoms with E-state index in [9.17, 15) is 4.79 Å². The Kier molecular flexibility index (Phi) is 21.4. The van der Waals surface area contributed by atoms with Gasteiger partial charge in [-0.05, 0) is 24.7 Å². The second-order valence-electron chi connectivity index (χ2n) is 3.84. The number of hydrogen-bond acceptors (Lipinski definition) is 1. The van der Waals surface area contributed by atoms with Crippen molar-refractivity contribution < 1.29 is 68.0 Å². The van der Waals surface area contributed by atoms with Crippen molar-refractivity contribution in [3.63, 3.8) is 0 Å². The van der Waals surface area contributed by atoms with Crippen LogP contribution in [0.15, 0.2) is 0 Å². The van der Waals surface area contributed by atoms with Crippen LogP contribution in [0.25, 0.3) is 5.73 Å². The molecule has 0 aromatic carbocycles. The minimum atomic E-state index is -0.441. The minimum Gasteiger partial charge on any atom is -0.668 e. The predicted molar refractivity (Wildman–Crippen MR) is 42.6 cm³/mol. The molecule has 0 aromatic rings. The number of amides is 1. The third-order valence-corrected chi connectivity index (χ3v) is 1.33. The van der Waals surface area contributed by atoms with Gasteiger partial charge in [0.25, 0.3) is 0 Å². The van der Waals surface area contributed by atoms with Gasteiger partial charge in [-0.15, -0.1) is 0 Å². The van der Waals surface area contributed by atoms with E-state index >= 15 is 0 Å². The fourth-order valence-corrected chi connectivity index (χ4v) is 0.779. The number of hydrogen-bond donors (Lipinski definition) is 0. The molecule has 13 heavy (non-hydrogen) atoms. The number of carbonyl (C=O) groups is 1. The summed E-state index contributed by atoms with van der Waals surface area (Å²) in [6.45, 7) is 6.42. The maximum atomic E-state index is 10.2. The van der Waals surface area contributed by atoms with Crippen LogP contribution < -0.4 is 0 Å². The van der Waals surface area contributed by atoms with Crippen LogP contribution in [0.3, 0.4) is 0 Å². The molecule has 0 unspecified atom stereocenters. The van der Waals surface area contributed by atoms with Crippen molar-refractivity contribution in [2.75, 3.05) is 0 Å².